The van der Waals surface area contributed by atoms with Crippen molar-refractivity contribution in [2.75, 3.05) is 17.7 Å². The monoisotopic (exact) mass is 268 g/mol. The molecule has 2 aromatic rings. The van der Waals surface area contributed by atoms with Crippen LogP contribution in [0.25, 0.3) is 0 Å². The van der Waals surface area contributed by atoms with Crippen LogP contribution in [0.2, 0.25) is 10.0 Å². The minimum atomic E-state index is 0.536. The molecule has 0 aliphatic rings. The summed E-state index contributed by atoms with van der Waals surface area (Å²) in [6.07, 6.45) is 3.25. The van der Waals surface area contributed by atoms with Gasteiger partial charge in [-0.3, -0.25) is 4.98 Å². The molecular weight excluding hydrogens is 259 g/mol. The molecule has 0 radical (unpaired) electrons. The summed E-state index contributed by atoms with van der Waals surface area (Å²) < 4.78 is 0. The first kappa shape index (κ1) is 12.0. The number of halogens is 2. The van der Waals surface area contributed by atoms with E-state index in [0.29, 0.717) is 21.7 Å². The smallest absolute Gasteiger partial charge is 0.151 e. The lowest BCUT2D eigenvalue weighted by molar-refractivity contribution is 1.18. The number of rotatable bonds is 3. The summed E-state index contributed by atoms with van der Waals surface area (Å²) in [7, 11) is 1.78. The lowest BCUT2D eigenvalue weighted by atomic mass is 10.3. The average Bonchev–Trinajstić information content (AvgIpc) is 2.33. The number of nitrogens with one attached hydrogen (secondary N) is 2. The van der Waals surface area contributed by atoms with Gasteiger partial charge in [0.2, 0.25) is 0 Å². The second-order valence-electron chi connectivity index (χ2n) is 3.29. The predicted molar refractivity (Wildman–Crippen MR) is 71.3 cm³/mol. The number of hydrogen-bond acceptors (Lipinski definition) is 4. The number of aromatic nitrogens is 2. The maximum Gasteiger partial charge on any atom is 0.151 e. The Bertz CT molecular complexity index is 531. The Balaban J connectivity index is 2.25. The Hall–Kier alpha value is -1.52. The Morgan fingerprint density at radius 3 is 2.59 bits per heavy atom. The van der Waals surface area contributed by atoms with Crippen LogP contribution in [0.3, 0.4) is 0 Å². The van der Waals surface area contributed by atoms with E-state index in [1.54, 1.807) is 37.6 Å². The van der Waals surface area contributed by atoms with E-state index in [9.17, 15) is 0 Å². The SMILES string of the molecule is CNc1cncc(Nc2ccc(Cl)cc2Cl)n1. The topological polar surface area (TPSA) is 49.8 Å². The van der Waals surface area contributed by atoms with E-state index in [4.69, 9.17) is 23.2 Å². The first-order valence-corrected chi connectivity index (χ1v) is 5.66. The maximum atomic E-state index is 6.04. The van der Waals surface area contributed by atoms with Crippen LogP contribution < -0.4 is 10.6 Å². The minimum Gasteiger partial charge on any atom is -0.372 e. The summed E-state index contributed by atoms with van der Waals surface area (Å²) in [4.78, 5) is 8.32. The highest BCUT2D eigenvalue weighted by Gasteiger charge is 2.03. The fourth-order valence-corrected chi connectivity index (χ4v) is 1.73. The predicted octanol–water partition coefficient (Wildman–Crippen LogP) is 3.57. The van der Waals surface area contributed by atoms with Gasteiger partial charge in [0.15, 0.2) is 5.82 Å². The van der Waals surface area contributed by atoms with Crippen molar-refractivity contribution in [3.8, 4) is 0 Å². The fourth-order valence-electron chi connectivity index (χ4n) is 1.28. The van der Waals surface area contributed by atoms with E-state index in [2.05, 4.69) is 20.6 Å². The van der Waals surface area contributed by atoms with E-state index < -0.39 is 0 Å². The van der Waals surface area contributed by atoms with Crippen LogP contribution in [0.15, 0.2) is 30.6 Å². The molecule has 0 unspecified atom stereocenters. The molecule has 88 valence electrons. The number of benzene rings is 1. The van der Waals surface area contributed by atoms with Crippen LogP contribution in [-0.4, -0.2) is 17.0 Å². The molecule has 0 bridgehead atoms. The second kappa shape index (κ2) is 5.21. The van der Waals surface area contributed by atoms with Crippen LogP contribution >= 0.6 is 23.2 Å². The molecule has 1 aromatic heterocycles. The number of nitrogens with zero attached hydrogens (tertiary/aromatic N) is 2. The highest BCUT2D eigenvalue weighted by molar-refractivity contribution is 6.36. The number of hydrogen-bond donors (Lipinski definition) is 2. The molecule has 0 fully saturated rings. The van der Waals surface area contributed by atoms with Crippen LogP contribution in [0.1, 0.15) is 0 Å². The Morgan fingerprint density at radius 2 is 1.88 bits per heavy atom. The summed E-state index contributed by atoms with van der Waals surface area (Å²) in [6, 6.07) is 5.21. The van der Waals surface area contributed by atoms with Crippen molar-refractivity contribution in [2.24, 2.45) is 0 Å². The third-order valence-corrected chi connectivity index (χ3v) is 2.63. The average molecular weight is 269 g/mol. The standard InChI is InChI=1S/C11H10Cl2N4/c1-14-10-5-15-6-11(17-10)16-9-3-2-7(12)4-8(9)13/h2-6H,1H3,(H2,14,16,17). The fraction of sp³-hybridized carbons (Fsp3) is 0.0909. The minimum absolute atomic E-state index is 0.536. The van der Waals surface area contributed by atoms with Crippen molar-refractivity contribution >= 4 is 40.5 Å². The van der Waals surface area contributed by atoms with Gasteiger partial charge in [0, 0.05) is 12.1 Å². The first-order chi connectivity index (χ1) is 8.19. The van der Waals surface area contributed by atoms with Gasteiger partial charge in [0.1, 0.15) is 5.82 Å². The summed E-state index contributed by atoms with van der Waals surface area (Å²) in [5.74, 6) is 1.29. The van der Waals surface area contributed by atoms with Crippen molar-refractivity contribution in [3.63, 3.8) is 0 Å². The Labute approximate surface area is 109 Å². The van der Waals surface area contributed by atoms with Crippen molar-refractivity contribution < 1.29 is 0 Å². The molecule has 0 saturated heterocycles. The maximum absolute atomic E-state index is 6.04. The molecule has 1 aromatic carbocycles. The van der Waals surface area contributed by atoms with Gasteiger partial charge in [-0.15, -0.1) is 0 Å². The molecule has 2 rings (SSSR count). The van der Waals surface area contributed by atoms with Gasteiger partial charge in [-0.05, 0) is 18.2 Å². The highest BCUT2D eigenvalue weighted by atomic mass is 35.5. The lowest BCUT2D eigenvalue weighted by Crippen LogP contribution is -1.99. The van der Waals surface area contributed by atoms with Crippen LogP contribution in [-0.2, 0) is 0 Å². The van der Waals surface area contributed by atoms with E-state index >= 15 is 0 Å². The van der Waals surface area contributed by atoms with Gasteiger partial charge in [0.05, 0.1) is 23.1 Å². The van der Waals surface area contributed by atoms with Gasteiger partial charge >= 0.3 is 0 Å². The zero-order valence-electron chi connectivity index (χ0n) is 9.04. The molecule has 0 spiro atoms. The van der Waals surface area contributed by atoms with Crippen LogP contribution in [0, 0.1) is 0 Å². The van der Waals surface area contributed by atoms with E-state index in [0.717, 1.165) is 5.69 Å². The van der Waals surface area contributed by atoms with E-state index in [-0.39, 0.29) is 0 Å². The normalized spacial score (nSPS) is 10.1. The third-order valence-electron chi connectivity index (χ3n) is 2.08. The molecule has 0 saturated carbocycles. The van der Waals surface area contributed by atoms with Crippen molar-refractivity contribution in [3.05, 3.63) is 40.6 Å². The van der Waals surface area contributed by atoms with E-state index in [1.807, 2.05) is 0 Å². The Kier molecular flexibility index (Phi) is 3.66. The van der Waals surface area contributed by atoms with Crippen LogP contribution in [0.4, 0.5) is 17.3 Å². The number of anilines is 3. The van der Waals surface area contributed by atoms with Crippen molar-refractivity contribution in [2.45, 2.75) is 0 Å². The van der Waals surface area contributed by atoms with Gasteiger partial charge in [-0.2, -0.15) is 0 Å². The lowest BCUT2D eigenvalue weighted by Gasteiger charge is -2.08. The first-order valence-electron chi connectivity index (χ1n) is 4.91. The van der Waals surface area contributed by atoms with E-state index in [1.165, 1.54) is 0 Å². The van der Waals surface area contributed by atoms with Gasteiger partial charge in [-0.1, -0.05) is 23.2 Å². The van der Waals surface area contributed by atoms with Gasteiger partial charge in [-0.25, -0.2) is 4.98 Å². The molecule has 0 aliphatic heterocycles. The molecule has 0 atom stereocenters. The molecule has 2 N–H and O–H groups in total. The molecule has 17 heavy (non-hydrogen) atoms. The zero-order valence-corrected chi connectivity index (χ0v) is 10.5. The van der Waals surface area contributed by atoms with Crippen molar-refractivity contribution in [1.29, 1.82) is 0 Å². The zero-order chi connectivity index (χ0) is 12.3. The molecule has 6 heteroatoms. The van der Waals surface area contributed by atoms with Gasteiger partial charge < -0.3 is 10.6 Å². The molecular formula is C11H10Cl2N4. The summed E-state index contributed by atoms with van der Waals surface area (Å²) in [6.45, 7) is 0. The highest BCUT2D eigenvalue weighted by Crippen LogP contribution is 2.27. The summed E-state index contributed by atoms with van der Waals surface area (Å²) in [5, 5.41) is 7.11. The Morgan fingerprint density at radius 1 is 1.12 bits per heavy atom. The largest absolute Gasteiger partial charge is 0.372 e. The quantitative estimate of drug-likeness (QED) is 0.894. The second-order valence-corrected chi connectivity index (χ2v) is 4.13. The summed E-state index contributed by atoms with van der Waals surface area (Å²) >= 11 is 11.9. The molecule has 1 heterocycles. The summed E-state index contributed by atoms with van der Waals surface area (Å²) in [5.41, 5.74) is 0.735. The van der Waals surface area contributed by atoms with Crippen molar-refractivity contribution in [1.82, 2.24) is 9.97 Å². The molecule has 4 nitrogen and oxygen atoms in total. The third kappa shape index (κ3) is 2.99. The van der Waals surface area contributed by atoms with Crippen LogP contribution in [0.5, 0.6) is 0 Å². The molecule has 0 aliphatic carbocycles. The van der Waals surface area contributed by atoms with Gasteiger partial charge in [0.25, 0.3) is 0 Å². The molecule has 0 amide bonds.